The number of hydrogen-bond donors (Lipinski definition) is 1. The molecular formula is C27H25N3O4. The Morgan fingerprint density at radius 1 is 1.09 bits per heavy atom. The summed E-state index contributed by atoms with van der Waals surface area (Å²) in [7, 11) is 1.68. The van der Waals surface area contributed by atoms with E-state index in [1.165, 1.54) is 0 Å². The minimum Gasteiger partial charge on any atom is -0.449 e. The number of benzene rings is 1. The number of nitrogens with zero attached hydrogens (tertiary/aromatic N) is 2. The predicted molar refractivity (Wildman–Crippen MR) is 124 cm³/mol. The zero-order valence-electron chi connectivity index (χ0n) is 19.0. The molecule has 3 aromatic rings. The molecule has 0 bridgehead atoms. The van der Waals surface area contributed by atoms with Gasteiger partial charge in [-0.25, -0.2) is 4.79 Å². The van der Waals surface area contributed by atoms with Crippen LogP contribution in [0.3, 0.4) is 0 Å². The van der Waals surface area contributed by atoms with Crippen molar-refractivity contribution in [1.82, 2.24) is 15.3 Å². The number of hydrogen-bond acceptors (Lipinski definition) is 7. The monoisotopic (exact) mass is 455 g/mol. The van der Waals surface area contributed by atoms with Gasteiger partial charge in [-0.15, -0.1) is 0 Å². The average Bonchev–Trinajstić information content (AvgIpc) is 3.47. The molecule has 4 heterocycles. The fourth-order valence-corrected chi connectivity index (χ4v) is 5.27. The molecule has 7 heteroatoms. The molecule has 2 fully saturated rings. The number of ether oxygens (including phenoxy) is 2. The molecule has 6 rings (SSSR count). The number of pyridine rings is 2. The van der Waals surface area contributed by atoms with Crippen LogP contribution in [-0.4, -0.2) is 41.9 Å². The quantitative estimate of drug-likeness (QED) is 0.449. The Kier molecular flexibility index (Phi) is 4.86. The summed E-state index contributed by atoms with van der Waals surface area (Å²) in [6.07, 6.45) is 5.54. The first kappa shape index (κ1) is 21.1. The number of aromatic nitrogens is 2. The third-order valence-corrected chi connectivity index (χ3v) is 7.33. The number of esters is 1. The highest BCUT2D eigenvalue weighted by atomic mass is 16.6. The van der Waals surface area contributed by atoms with Crippen molar-refractivity contribution in [3.8, 4) is 11.3 Å². The molecule has 0 amide bonds. The maximum atomic E-state index is 13.8. The molecule has 1 saturated carbocycles. The summed E-state index contributed by atoms with van der Waals surface area (Å²) in [4.78, 5) is 35.6. The Balaban J connectivity index is 1.30. The normalized spacial score (nSPS) is 22.0. The van der Waals surface area contributed by atoms with Crippen LogP contribution in [-0.2, 0) is 27.1 Å². The lowest BCUT2D eigenvalue weighted by Gasteiger charge is -2.21. The number of Topliss-reactive ketones (excluding diaryl/α,β-unsaturated/α-hetero) is 1. The van der Waals surface area contributed by atoms with E-state index in [9.17, 15) is 9.59 Å². The first-order valence-electron chi connectivity index (χ1n) is 11.6. The molecule has 1 N–H and O–H groups in total. The molecule has 1 spiro atoms. The van der Waals surface area contributed by atoms with Crippen molar-refractivity contribution in [2.45, 2.75) is 36.9 Å². The number of ketones is 1. The molecule has 1 unspecified atom stereocenters. The second-order valence-corrected chi connectivity index (χ2v) is 9.37. The Morgan fingerprint density at radius 3 is 2.56 bits per heavy atom. The summed E-state index contributed by atoms with van der Waals surface area (Å²) in [5.41, 5.74) is 3.79. The van der Waals surface area contributed by atoms with Crippen molar-refractivity contribution in [3.05, 3.63) is 82.8 Å². The molecule has 34 heavy (non-hydrogen) atoms. The number of fused-ring (bicyclic) bond motifs is 2. The van der Waals surface area contributed by atoms with Gasteiger partial charge in [0.1, 0.15) is 5.69 Å². The van der Waals surface area contributed by atoms with Crippen LogP contribution in [0.2, 0.25) is 0 Å². The van der Waals surface area contributed by atoms with Crippen molar-refractivity contribution in [2.75, 3.05) is 20.2 Å². The molecule has 1 aromatic carbocycles. The van der Waals surface area contributed by atoms with Crippen LogP contribution in [0.25, 0.3) is 11.3 Å². The average molecular weight is 456 g/mol. The number of carbonyl (C=O) groups is 2. The number of nitrogens with one attached hydrogen (secondary N) is 1. The molecule has 7 nitrogen and oxygen atoms in total. The van der Waals surface area contributed by atoms with Gasteiger partial charge in [0.15, 0.2) is 11.4 Å². The second kappa shape index (κ2) is 7.82. The summed E-state index contributed by atoms with van der Waals surface area (Å²) in [6, 6.07) is 13.8. The van der Waals surface area contributed by atoms with Crippen LogP contribution >= 0.6 is 0 Å². The van der Waals surface area contributed by atoms with E-state index >= 15 is 0 Å². The van der Waals surface area contributed by atoms with Gasteiger partial charge in [-0.3, -0.25) is 14.8 Å². The molecule has 2 aliphatic heterocycles. The van der Waals surface area contributed by atoms with Crippen molar-refractivity contribution < 1.29 is 19.1 Å². The zero-order chi connectivity index (χ0) is 23.3. The molecule has 1 atom stereocenters. The van der Waals surface area contributed by atoms with Crippen molar-refractivity contribution in [1.29, 1.82) is 0 Å². The summed E-state index contributed by atoms with van der Waals surface area (Å²) in [5.74, 6) is -0.570. The smallest absolute Gasteiger partial charge is 0.341 e. The largest absolute Gasteiger partial charge is 0.449 e. The van der Waals surface area contributed by atoms with Crippen molar-refractivity contribution >= 4 is 11.8 Å². The van der Waals surface area contributed by atoms with Gasteiger partial charge in [-0.05, 0) is 42.6 Å². The molecular weight excluding hydrogens is 430 g/mol. The van der Waals surface area contributed by atoms with E-state index < -0.39 is 17.0 Å². The van der Waals surface area contributed by atoms with E-state index in [0.717, 1.165) is 34.5 Å². The minimum absolute atomic E-state index is 0.122. The van der Waals surface area contributed by atoms with Gasteiger partial charge in [-0.2, -0.15) is 0 Å². The van der Waals surface area contributed by atoms with Gasteiger partial charge in [0.2, 0.25) is 0 Å². The molecule has 1 saturated heterocycles. The minimum atomic E-state index is -0.681. The SMILES string of the molecule is COCc1ccc(-c2ccc(C3(C(=O)c4nccc5c4C(=O)OC54CCNC4)CC3)cn2)cc1. The standard InChI is InChI=1S/C27H25N3O4/c1-33-15-17-2-4-18(5-3-17)21-7-6-19(14-30-21)26(9-10-26)24(31)23-22-20(8-12-29-23)27(34-25(22)32)11-13-28-16-27/h2-8,12,14,28H,9-11,13,15-16H2,1H3. The Bertz CT molecular complexity index is 1270. The number of rotatable bonds is 6. The third kappa shape index (κ3) is 3.19. The van der Waals surface area contributed by atoms with Gasteiger partial charge in [-0.1, -0.05) is 30.3 Å². The van der Waals surface area contributed by atoms with Gasteiger partial charge in [0, 0.05) is 43.6 Å². The topological polar surface area (TPSA) is 90.4 Å². The van der Waals surface area contributed by atoms with Gasteiger partial charge in [0.05, 0.1) is 23.3 Å². The van der Waals surface area contributed by atoms with Gasteiger partial charge >= 0.3 is 5.97 Å². The first-order valence-corrected chi connectivity index (χ1v) is 11.6. The highest BCUT2D eigenvalue weighted by molar-refractivity contribution is 6.12. The van der Waals surface area contributed by atoms with E-state index in [0.29, 0.717) is 38.0 Å². The van der Waals surface area contributed by atoms with Crippen LogP contribution in [0.4, 0.5) is 0 Å². The molecule has 172 valence electrons. The van der Waals surface area contributed by atoms with Crippen LogP contribution in [0, 0.1) is 0 Å². The lowest BCUT2D eigenvalue weighted by atomic mass is 9.85. The lowest BCUT2D eigenvalue weighted by molar-refractivity contribution is 0.00158. The van der Waals surface area contributed by atoms with E-state index in [4.69, 9.17) is 9.47 Å². The Morgan fingerprint density at radius 2 is 1.91 bits per heavy atom. The first-order chi connectivity index (χ1) is 16.6. The molecule has 0 radical (unpaired) electrons. The van der Waals surface area contributed by atoms with Crippen molar-refractivity contribution in [3.63, 3.8) is 0 Å². The molecule has 1 aliphatic carbocycles. The van der Waals surface area contributed by atoms with E-state index in [2.05, 4.69) is 15.3 Å². The van der Waals surface area contributed by atoms with Crippen molar-refractivity contribution in [2.24, 2.45) is 0 Å². The Labute approximate surface area is 197 Å². The zero-order valence-corrected chi connectivity index (χ0v) is 19.0. The van der Waals surface area contributed by atoms with E-state index in [1.54, 1.807) is 19.5 Å². The molecule has 3 aliphatic rings. The maximum Gasteiger partial charge on any atom is 0.341 e. The highest BCUT2D eigenvalue weighted by Crippen LogP contribution is 2.52. The van der Waals surface area contributed by atoms with Crippen LogP contribution < -0.4 is 5.32 Å². The highest BCUT2D eigenvalue weighted by Gasteiger charge is 2.55. The summed E-state index contributed by atoms with van der Waals surface area (Å²) in [6.45, 7) is 1.90. The molecule has 2 aromatic heterocycles. The summed E-state index contributed by atoms with van der Waals surface area (Å²) in [5, 5.41) is 3.26. The lowest BCUT2D eigenvalue weighted by Crippen LogP contribution is -2.29. The third-order valence-electron chi connectivity index (χ3n) is 7.33. The summed E-state index contributed by atoms with van der Waals surface area (Å²) >= 11 is 0. The predicted octanol–water partition coefficient (Wildman–Crippen LogP) is 3.56. The fourth-order valence-electron chi connectivity index (χ4n) is 5.27. The van der Waals surface area contributed by atoms with E-state index in [-0.39, 0.29) is 11.5 Å². The Hall–Kier alpha value is -3.42. The second-order valence-electron chi connectivity index (χ2n) is 9.37. The van der Waals surface area contributed by atoms with Crippen LogP contribution in [0.1, 0.15) is 56.8 Å². The maximum absolute atomic E-state index is 13.8. The van der Waals surface area contributed by atoms with E-state index in [1.807, 2.05) is 42.5 Å². The number of carbonyl (C=O) groups excluding carboxylic acids is 2. The van der Waals surface area contributed by atoms with Crippen LogP contribution in [0.15, 0.2) is 54.9 Å². The van der Waals surface area contributed by atoms with Gasteiger partial charge < -0.3 is 14.8 Å². The fraction of sp³-hybridized carbons (Fsp3) is 0.333. The number of methoxy groups -OCH3 is 1. The van der Waals surface area contributed by atoms with Gasteiger partial charge in [0.25, 0.3) is 0 Å². The summed E-state index contributed by atoms with van der Waals surface area (Å²) < 4.78 is 11.0. The van der Waals surface area contributed by atoms with Crippen LogP contribution in [0.5, 0.6) is 0 Å².